The van der Waals surface area contributed by atoms with Crippen LogP contribution in [0.5, 0.6) is 11.5 Å². The van der Waals surface area contributed by atoms with Crippen LogP contribution in [0.3, 0.4) is 0 Å². The van der Waals surface area contributed by atoms with E-state index in [2.05, 4.69) is 31.2 Å². The topological polar surface area (TPSA) is 18.5 Å². The van der Waals surface area contributed by atoms with E-state index in [0.717, 1.165) is 17.9 Å². The van der Waals surface area contributed by atoms with Crippen molar-refractivity contribution in [1.82, 2.24) is 0 Å². The van der Waals surface area contributed by atoms with Crippen LogP contribution in [0.4, 0.5) is 0 Å². The Labute approximate surface area is 108 Å². The fourth-order valence-corrected chi connectivity index (χ4v) is 1.71. The van der Waals surface area contributed by atoms with E-state index < -0.39 is 0 Å². The Morgan fingerprint density at radius 3 is 1.89 bits per heavy atom. The molecule has 2 heteroatoms. The monoisotopic (exact) mass is 242 g/mol. The highest BCUT2D eigenvalue weighted by molar-refractivity contribution is 5.31. The average molecular weight is 242 g/mol. The molecule has 0 bridgehead atoms. The van der Waals surface area contributed by atoms with Gasteiger partial charge in [-0.1, -0.05) is 31.2 Å². The first-order chi connectivity index (χ1) is 8.81. The van der Waals surface area contributed by atoms with Crippen molar-refractivity contribution in [3.63, 3.8) is 0 Å². The lowest BCUT2D eigenvalue weighted by Crippen LogP contribution is -1.95. The first-order valence-electron chi connectivity index (χ1n) is 6.16. The highest BCUT2D eigenvalue weighted by Gasteiger charge is 1.97. The molecule has 0 radical (unpaired) electrons. The van der Waals surface area contributed by atoms with Crippen molar-refractivity contribution in [1.29, 1.82) is 0 Å². The van der Waals surface area contributed by atoms with Gasteiger partial charge < -0.3 is 9.47 Å². The Bertz CT molecular complexity index is 424. The fraction of sp³-hybridized carbons (Fsp3) is 0.250. The van der Waals surface area contributed by atoms with E-state index in [0.29, 0.717) is 6.61 Å². The molecule has 0 saturated heterocycles. The highest BCUT2D eigenvalue weighted by Crippen LogP contribution is 2.18. The number of benzene rings is 2. The molecule has 0 saturated carbocycles. The Kier molecular flexibility index (Phi) is 4.24. The van der Waals surface area contributed by atoms with Gasteiger partial charge in [0.15, 0.2) is 0 Å². The average Bonchev–Trinajstić information content (AvgIpc) is 2.46. The summed E-state index contributed by atoms with van der Waals surface area (Å²) in [5.74, 6) is 1.70. The Balaban J connectivity index is 1.93. The number of ether oxygens (including phenoxy) is 2. The predicted molar refractivity (Wildman–Crippen MR) is 73.1 cm³/mol. The first kappa shape index (κ1) is 12.5. The molecule has 0 atom stereocenters. The molecule has 0 aromatic heterocycles. The number of hydrogen-bond donors (Lipinski definition) is 0. The van der Waals surface area contributed by atoms with Gasteiger partial charge in [0.2, 0.25) is 0 Å². The number of aryl methyl sites for hydroxylation is 1. The van der Waals surface area contributed by atoms with Crippen LogP contribution < -0.4 is 9.47 Å². The summed E-state index contributed by atoms with van der Waals surface area (Å²) in [6, 6.07) is 16.1. The summed E-state index contributed by atoms with van der Waals surface area (Å²) in [7, 11) is 1.66. The molecule has 0 aliphatic rings. The Morgan fingerprint density at radius 2 is 1.33 bits per heavy atom. The van der Waals surface area contributed by atoms with Crippen molar-refractivity contribution in [2.75, 3.05) is 7.11 Å². The summed E-state index contributed by atoms with van der Waals surface area (Å²) in [4.78, 5) is 0. The van der Waals surface area contributed by atoms with Gasteiger partial charge in [0.1, 0.15) is 18.1 Å². The lowest BCUT2D eigenvalue weighted by molar-refractivity contribution is 0.305. The second kappa shape index (κ2) is 6.10. The zero-order valence-corrected chi connectivity index (χ0v) is 10.8. The van der Waals surface area contributed by atoms with Crippen molar-refractivity contribution in [3.8, 4) is 11.5 Å². The predicted octanol–water partition coefficient (Wildman–Crippen LogP) is 3.84. The van der Waals surface area contributed by atoms with Crippen molar-refractivity contribution in [2.45, 2.75) is 20.0 Å². The van der Waals surface area contributed by atoms with Gasteiger partial charge in [-0.15, -0.1) is 0 Å². The van der Waals surface area contributed by atoms with E-state index >= 15 is 0 Å². The van der Waals surface area contributed by atoms with Gasteiger partial charge in [0, 0.05) is 0 Å². The van der Waals surface area contributed by atoms with Crippen molar-refractivity contribution < 1.29 is 9.47 Å². The molecule has 0 fully saturated rings. The summed E-state index contributed by atoms with van der Waals surface area (Å²) in [5.41, 5.74) is 2.53. The van der Waals surface area contributed by atoms with Crippen LogP contribution in [0.15, 0.2) is 48.5 Å². The summed E-state index contributed by atoms with van der Waals surface area (Å²) in [6.45, 7) is 2.75. The molecule has 0 heterocycles. The van der Waals surface area contributed by atoms with Gasteiger partial charge in [-0.3, -0.25) is 0 Å². The van der Waals surface area contributed by atoms with E-state index in [-0.39, 0.29) is 0 Å². The minimum absolute atomic E-state index is 0.594. The number of hydrogen-bond acceptors (Lipinski definition) is 2. The molecule has 0 unspecified atom stereocenters. The maximum atomic E-state index is 5.71. The second-order valence-electron chi connectivity index (χ2n) is 4.13. The molecular formula is C16H18O2. The molecule has 0 spiro atoms. The lowest BCUT2D eigenvalue weighted by Gasteiger charge is -2.07. The van der Waals surface area contributed by atoms with Crippen molar-refractivity contribution >= 4 is 0 Å². The molecule has 94 valence electrons. The van der Waals surface area contributed by atoms with E-state index in [1.54, 1.807) is 7.11 Å². The van der Waals surface area contributed by atoms with Gasteiger partial charge in [-0.25, -0.2) is 0 Å². The van der Waals surface area contributed by atoms with Crippen LogP contribution in [0.1, 0.15) is 18.1 Å². The maximum absolute atomic E-state index is 5.71. The summed E-state index contributed by atoms with van der Waals surface area (Å²) < 4.78 is 10.8. The third kappa shape index (κ3) is 3.27. The normalized spacial score (nSPS) is 10.1. The molecule has 0 amide bonds. The van der Waals surface area contributed by atoms with Crippen molar-refractivity contribution in [2.24, 2.45) is 0 Å². The zero-order valence-electron chi connectivity index (χ0n) is 10.8. The maximum Gasteiger partial charge on any atom is 0.120 e. The Hall–Kier alpha value is -1.96. The van der Waals surface area contributed by atoms with E-state index in [9.17, 15) is 0 Å². The van der Waals surface area contributed by atoms with Gasteiger partial charge in [-0.2, -0.15) is 0 Å². The molecule has 0 aliphatic carbocycles. The van der Waals surface area contributed by atoms with Gasteiger partial charge in [0.05, 0.1) is 7.11 Å². The first-order valence-corrected chi connectivity index (χ1v) is 6.16. The molecule has 2 nitrogen and oxygen atoms in total. The molecule has 2 aromatic rings. The minimum Gasteiger partial charge on any atom is -0.497 e. The van der Waals surface area contributed by atoms with Crippen LogP contribution in [-0.2, 0) is 13.0 Å². The molecule has 18 heavy (non-hydrogen) atoms. The fourth-order valence-electron chi connectivity index (χ4n) is 1.71. The van der Waals surface area contributed by atoms with E-state index in [4.69, 9.17) is 9.47 Å². The van der Waals surface area contributed by atoms with E-state index in [1.165, 1.54) is 11.1 Å². The minimum atomic E-state index is 0.594. The second-order valence-corrected chi connectivity index (χ2v) is 4.13. The molecule has 0 N–H and O–H groups in total. The van der Waals surface area contributed by atoms with Crippen LogP contribution in [-0.4, -0.2) is 7.11 Å². The highest BCUT2D eigenvalue weighted by atomic mass is 16.5. The molecule has 0 aliphatic heterocycles. The molecule has 2 rings (SSSR count). The SMILES string of the molecule is CCc1ccc(COc2ccc(OC)cc2)cc1. The summed E-state index contributed by atoms with van der Waals surface area (Å²) in [5, 5.41) is 0. The smallest absolute Gasteiger partial charge is 0.120 e. The van der Waals surface area contributed by atoms with Crippen LogP contribution in [0, 0.1) is 0 Å². The third-order valence-corrected chi connectivity index (χ3v) is 2.90. The van der Waals surface area contributed by atoms with Gasteiger partial charge >= 0.3 is 0 Å². The third-order valence-electron chi connectivity index (χ3n) is 2.90. The quantitative estimate of drug-likeness (QED) is 0.793. The standard InChI is InChI=1S/C16H18O2/c1-3-13-4-6-14(7-5-13)12-18-16-10-8-15(17-2)9-11-16/h4-11H,3,12H2,1-2H3. The largest absolute Gasteiger partial charge is 0.497 e. The van der Waals surface area contributed by atoms with Crippen LogP contribution >= 0.6 is 0 Å². The number of rotatable bonds is 5. The number of methoxy groups -OCH3 is 1. The zero-order chi connectivity index (χ0) is 12.8. The summed E-state index contributed by atoms with van der Waals surface area (Å²) >= 11 is 0. The Morgan fingerprint density at radius 1 is 0.778 bits per heavy atom. The molecule has 2 aromatic carbocycles. The van der Waals surface area contributed by atoms with E-state index in [1.807, 2.05) is 24.3 Å². The lowest BCUT2D eigenvalue weighted by atomic mass is 10.1. The van der Waals surface area contributed by atoms with Crippen LogP contribution in [0.25, 0.3) is 0 Å². The van der Waals surface area contributed by atoms with Gasteiger partial charge in [0.25, 0.3) is 0 Å². The summed E-state index contributed by atoms with van der Waals surface area (Å²) in [6.07, 6.45) is 1.07. The van der Waals surface area contributed by atoms with Gasteiger partial charge in [-0.05, 0) is 41.8 Å². The molecular weight excluding hydrogens is 224 g/mol. The van der Waals surface area contributed by atoms with Crippen molar-refractivity contribution in [3.05, 3.63) is 59.7 Å². The van der Waals surface area contributed by atoms with Crippen LogP contribution in [0.2, 0.25) is 0 Å².